The molecule has 5 heteroatoms. The van der Waals surface area contributed by atoms with Gasteiger partial charge in [0.2, 0.25) is 0 Å². The van der Waals surface area contributed by atoms with E-state index < -0.39 is 10.8 Å². The summed E-state index contributed by atoms with van der Waals surface area (Å²) in [6.07, 6.45) is 6.05. The van der Waals surface area contributed by atoms with Crippen LogP contribution in [0.25, 0.3) is 0 Å². The molecule has 1 aliphatic rings. The molecule has 1 atom stereocenters. The second-order valence-electron chi connectivity index (χ2n) is 5.69. The Morgan fingerprint density at radius 1 is 1.47 bits per heavy atom. The highest BCUT2D eigenvalue weighted by Crippen LogP contribution is 2.37. The molecule has 96 valence electrons. The fourth-order valence-corrected chi connectivity index (χ4v) is 3.84. The average molecular weight is 255 g/mol. The van der Waals surface area contributed by atoms with Crippen LogP contribution in [0.1, 0.15) is 45.4 Å². The third-order valence-corrected chi connectivity index (χ3v) is 5.49. The zero-order valence-corrected chi connectivity index (χ0v) is 11.7. The van der Waals surface area contributed by atoms with E-state index in [0.29, 0.717) is 16.4 Å². The Morgan fingerprint density at radius 3 is 2.65 bits per heavy atom. The number of hydrogen-bond donors (Lipinski definition) is 0. The lowest BCUT2D eigenvalue weighted by atomic mass is 9.77. The van der Waals surface area contributed by atoms with E-state index in [9.17, 15) is 4.21 Å². The van der Waals surface area contributed by atoms with Crippen molar-refractivity contribution < 1.29 is 4.21 Å². The standard InChI is InChI=1S/C12H21N3OS/c1-12(2)6-4-10(5-7-12)17(16)8-11-13-9-14-15(11)3/h9-10H,4-8H2,1-3H3. The highest BCUT2D eigenvalue weighted by atomic mass is 32.2. The molecule has 1 aliphatic carbocycles. The fraction of sp³-hybridized carbons (Fsp3) is 0.833. The molecule has 17 heavy (non-hydrogen) atoms. The summed E-state index contributed by atoms with van der Waals surface area (Å²) in [6.45, 7) is 4.60. The van der Waals surface area contributed by atoms with E-state index in [1.54, 1.807) is 4.68 Å². The van der Waals surface area contributed by atoms with Crippen molar-refractivity contribution in [3.8, 4) is 0 Å². The van der Waals surface area contributed by atoms with Crippen molar-refractivity contribution in [2.75, 3.05) is 0 Å². The van der Waals surface area contributed by atoms with Crippen LogP contribution in [0.2, 0.25) is 0 Å². The minimum absolute atomic E-state index is 0.347. The fourth-order valence-electron chi connectivity index (χ4n) is 2.33. The highest BCUT2D eigenvalue weighted by molar-refractivity contribution is 7.84. The third-order valence-electron chi connectivity index (χ3n) is 3.73. The molecule has 1 fully saturated rings. The number of rotatable bonds is 3. The van der Waals surface area contributed by atoms with Gasteiger partial charge in [-0.2, -0.15) is 5.10 Å². The summed E-state index contributed by atoms with van der Waals surface area (Å²) < 4.78 is 14.0. The minimum atomic E-state index is -0.803. The van der Waals surface area contributed by atoms with Gasteiger partial charge in [0.25, 0.3) is 0 Å². The summed E-state index contributed by atoms with van der Waals surface area (Å²) in [7, 11) is 1.05. The monoisotopic (exact) mass is 255 g/mol. The average Bonchev–Trinajstić information content (AvgIpc) is 2.64. The molecular formula is C12H21N3OS. The van der Waals surface area contributed by atoms with Gasteiger partial charge in [0.1, 0.15) is 12.2 Å². The molecule has 0 bridgehead atoms. The second kappa shape index (κ2) is 4.88. The molecule has 1 unspecified atom stereocenters. The predicted octanol–water partition coefficient (Wildman–Crippen LogP) is 2.03. The van der Waals surface area contributed by atoms with Crippen LogP contribution < -0.4 is 0 Å². The Hall–Kier alpha value is -0.710. The van der Waals surface area contributed by atoms with E-state index in [0.717, 1.165) is 18.7 Å². The first-order chi connectivity index (χ1) is 7.98. The molecule has 4 nitrogen and oxygen atoms in total. The lowest BCUT2D eigenvalue weighted by Crippen LogP contribution is -2.28. The van der Waals surface area contributed by atoms with Gasteiger partial charge in [0, 0.05) is 23.1 Å². The molecule has 2 rings (SSSR count). The van der Waals surface area contributed by atoms with Gasteiger partial charge in [-0.25, -0.2) is 4.98 Å². The number of aromatic nitrogens is 3. The summed E-state index contributed by atoms with van der Waals surface area (Å²) in [4.78, 5) is 4.14. The first-order valence-corrected chi connectivity index (χ1v) is 7.56. The van der Waals surface area contributed by atoms with E-state index in [2.05, 4.69) is 23.9 Å². The van der Waals surface area contributed by atoms with E-state index >= 15 is 0 Å². The van der Waals surface area contributed by atoms with Crippen LogP contribution in [-0.2, 0) is 23.6 Å². The van der Waals surface area contributed by atoms with E-state index in [1.807, 2.05) is 7.05 Å². The molecule has 0 aliphatic heterocycles. The first kappa shape index (κ1) is 12.7. The van der Waals surface area contributed by atoms with Gasteiger partial charge < -0.3 is 0 Å². The largest absolute Gasteiger partial charge is 0.259 e. The summed E-state index contributed by atoms with van der Waals surface area (Å²) in [5, 5.41) is 4.36. The lowest BCUT2D eigenvalue weighted by Gasteiger charge is -2.33. The van der Waals surface area contributed by atoms with Crippen LogP contribution in [0, 0.1) is 5.41 Å². The molecule has 1 heterocycles. The molecule has 1 aromatic heterocycles. The van der Waals surface area contributed by atoms with E-state index in [1.165, 1.54) is 19.2 Å². The number of nitrogens with zero attached hydrogens (tertiary/aromatic N) is 3. The molecule has 0 amide bonds. The van der Waals surface area contributed by atoms with Gasteiger partial charge in [0.05, 0.1) is 5.75 Å². The summed E-state index contributed by atoms with van der Waals surface area (Å²) in [5.41, 5.74) is 0.436. The Kier molecular flexibility index (Phi) is 3.66. The van der Waals surface area contributed by atoms with Crippen LogP contribution in [0.3, 0.4) is 0 Å². The summed E-state index contributed by atoms with van der Waals surface area (Å²) in [5.74, 6) is 1.37. The maximum Gasteiger partial charge on any atom is 0.139 e. The molecule has 0 saturated heterocycles. The van der Waals surface area contributed by atoms with Crippen molar-refractivity contribution in [2.24, 2.45) is 12.5 Å². The van der Waals surface area contributed by atoms with Crippen LogP contribution >= 0.6 is 0 Å². The van der Waals surface area contributed by atoms with Crippen molar-refractivity contribution >= 4 is 10.8 Å². The smallest absolute Gasteiger partial charge is 0.139 e. The predicted molar refractivity (Wildman–Crippen MR) is 68.9 cm³/mol. The van der Waals surface area contributed by atoms with Crippen molar-refractivity contribution in [3.63, 3.8) is 0 Å². The molecule has 0 spiro atoms. The van der Waals surface area contributed by atoms with Gasteiger partial charge in [-0.05, 0) is 31.1 Å². The molecular weight excluding hydrogens is 234 g/mol. The van der Waals surface area contributed by atoms with Crippen LogP contribution in [0.5, 0.6) is 0 Å². The number of hydrogen-bond acceptors (Lipinski definition) is 3. The maximum absolute atomic E-state index is 12.3. The van der Waals surface area contributed by atoms with Gasteiger partial charge in [-0.1, -0.05) is 13.8 Å². The molecule has 1 aromatic rings. The first-order valence-electron chi connectivity index (χ1n) is 6.18. The zero-order valence-electron chi connectivity index (χ0n) is 10.8. The van der Waals surface area contributed by atoms with Crippen molar-refractivity contribution in [1.29, 1.82) is 0 Å². The highest BCUT2D eigenvalue weighted by Gasteiger charge is 2.30. The molecule has 0 N–H and O–H groups in total. The van der Waals surface area contributed by atoms with Gasteiger partial charge in [-0.15, -0.1) is 0 Å². The topological polar surface area (TPSA) is 47.8 Å². The SMILES string of the molecule is Cn1ncnc1CS(=O)C1CCC(C)(C)CC1. The van der Waals surface area contributed by atoms with Gasteiger partial charge in [-0.3, -0.25) is 8.89 Å². The van der Waals surface area contributed by atoms with Crippen LogP contribution in [-0.4, -0.2) is 24.2 Å². The zero-order chi connectivity index (χ0) is 12.5. The molecule has 1 saturated carbocycles. The Labute approximate surface area is 105 Å². The lowest BCUT2D eigenvalue weighted by molar-refractivity contribution is 0.247. The van der Waals surface area contributed by atoms with Crippen molar-refractivity contribution in [1.82, 2.24) is 14.8 Å². The van der Waals surface area contributed by atoms with Crippen LogP contribution in [0.4, 0.5) is 0 Å². The van der Waals surface area contributed by atoms with Gasteiger partial charge >= 0.3 is 0 Å². The Morgan fingerprint density at radius 2 is 2.12 bits per heavy atom. The van der Waals surface area contributed by atoms with Gasteiger partial charge in [0.15, 0.2) is 0 Å². The quantitative estimate of drug-likeness (QED) is 0.830. The second-order valence-corrected chi connectivity index (χ2v) is 7.41. The maximum atomic E-state index is 12.3. The third kappa shape index (κ3) is 3.15. The number of aryl methyl sites for hydroxylation is 1. The molecule has 0 aromatic carbocycles. The Bertz CT molecular complexity index is 404. The molecule has 0 radical (unpaired) electrons. The van der Waals surface area contributed by atoms with Crippen LogP contribution in [0.15, 0.2) is 6.33 Å². The van der Waals surface area contributed by atoms with Crippen molar-refractivity contribution in [3.05, 3.63) is 12.2 Å². The minimum Gasteiger partial charge on any atom is -0.259 e. The summed E-state index contributed by atoms with van der Waals surface area (Å²) in [6, 6.07) is 0. The summed E-state index contributed by atoms with van der Waals surface area (Å²) >= 11 is 0. The van der Waals surface area contributed by atoms with Crippen molar-refractivity contribution in [2.45, 2.75) is 50.5 Å². The van der Waals surface area contributed by atoms with E-state index in [4.69, 9.17) is 0 Å². The normalized spacial score (nSPS) is 22.5. The van der Waals surface area contributed by atoms with E-state index in [-0.39, 0.29) is 0 Å². The Balaban J connectivity index is 1.92.